The zero-order valence-electron chi connectivity index (χ0n) is 14.2. The Hall–Kier alpha value is -3.27. The van der Waals surface area contributed by atoms with Crippen molar-refractivity contribution in [3.8, 4) is 11.5 Å². The number of ether oxygens (including phenoxy) is 2. The van der Waals surface area contributed by atoms with Crippen molar-refractivity contribution in [1.82, 2.24) is 5.32 Å². The summed E-state index contributed by atoms with van der Waals surface area (Å²) in [5, 5.41) is 5.15. The second kappa shape index (κ2) is 7.31. The molecule has 4 heteroatoms. The van der Waals surface area contributed by atoms with Gasteiger partial charge in [-0.2, -0.15) is 0 Å². The summed E-state index contributed by atoms with van der Waals surface area (Å²) in [7, 11) is 0. The summed E-state index contributed by atoms with van der Waals surface area (Å²) in [6.45, 7) is 0.817. The molecule has 1 heterocycles. The minimum atomic E-state index is -0.195. The lowest BCUT2D eigenvalue weighted by atomic mass is 10.0. The fourth-order valence-corrected chi connectivity index (χ4v) is 3.00. The minimum absolute atomic E-state index is 0.152. The molecule has 3 aromatic carbocycles. The number of fused-ring (bicyclic) bond motifs is 2. The molecule has 0 saturated carbocycles. The largest absolute Gasteiger partial charge is 0.486 e. The van der Waals surface area contributed by atoms with Gasteiger partial charge in [0.05, 0.1) is 6.54 Å². The lowest BCUT2D eigenvalue weighted by molar-refractivity contribution is -0.116. The van der Waals surface area contributed by atoms with Crippen LogP contribution in [0.3, 0.4) is 0 Å². The Morgan fingerprint density at radius 1 is 1.00 bits per heavy atom. The van der Waals surface area contributed by atoms with Crippen LogP contribution in [0.4, 0.5) is 0 Å². The van der Waals surface area contributed by atoms with Crippen LogP contribution in [0, 0.1) is 0 Å². The molecule has 0 aliphatic carbocycles. The molecule has 0 spiro atoms. The number of para-hydroxylation sites is 2. The molecule has 26 heavy (non-hydrogen) atoms. The Labute approximate surface area is 152 Å². The van der Waals surface area contributed by atoms with Crippen molar-refractivity contribution >= 4 is 22.8 Å². The van der Waals surface area contributed by atoms with Gasteiger partial charge in [-0.1, -0.05) is 54.6 Å². The molecule has 0 radical (unpaired) electrons. The first-order valence-corrected chi connectivity index (χ1v) is 8.62. The predicted molar refractivity (Wildman–Crippen MR) is 102 cm³/mol. The molecule has 0 saturated heterocycles. The van der Waals surface area contributed by atoms with Crippen LogP contribution in [-0.4, -0.2) is 25.2 Å². The van der Waals surface area contributed by atoms with Crippen LogP contribution in [0.15, 0.2) is 72.8 Å². The van der Waals surface area contributed by atoms with E-state index in [1.807, 2.05) is 54.6 Å². The van der Waals surface area contributed by atoms with Crippen molar-refractivity contribution in [2.75, 3.05) is 13.2 Å². The summed E-state index contributed by atoms with van der Waals surface area (Å²) in [4.78, 5) is 12.1. The molecule has 4 nitrogen and oxygen atoms in total. The smallest absolute Gasteiger partial charge is 0.244 e. The summed E-state index contributed by atoms with van der Waals surface area (Å²) in [6.07, 6.45) is 3.20. The highest BCUT2D eigenvalue weighted by atomic mass is 16.6. The topological polar surface area (TPSA) is 47.6 Å². The molecule has 1 aliphatic rings. The number of hydrogen-bond donors (Lipinski definition) is 1. The number of hydrogen-bond acceptors (Lipinski definition) is 3. The van der Waals surface area contributed by atoms with E-state index >= 15 is 0 Å². The lowest BCUT2D eigenvalue weighted by Crippen LogP contribution is -2.40. The number of benzene rings is 3. The minimum Gasteiger partial charge on any atom is -0.486 e. The first kappa shape index (κ1) is 16.2. The van der Waals surface area contributed by atoms with Crippen molar-refractivity contribution in [3.63, 3.8) is 0 Å². The number of carbonyl (C=O) groups is 1. The van der Waals surface area contributed by atoms with Crippen LogP contribution in [0.1, 0.15) is 5.56 Å². The highest BCUT2D eigenvalue weighted by molar-refractivity contribution is 5.96. The van der Waals surface area contributed by atoms with Gasteiger partial charge in [-0.15, -0.1) is 0 Å². The number of amides is 1. The van der Waals surface area contributed by atoms with E-state index in [9.17, 15) is 4.79 Å². The summed E-state index contributed by atoms with van der Waals surface area (Å²) in [5.74, 6) is 1.30. The molecule has 1 amide bonds. The van der Waals surface area contributed by atoms with Crippen LogP contribution in [0.5, 0.6) is 11.5 Å². The molecule has 130 valence electrons. The van der Waals surface area contributed by atoms with Gasteiger partial charge in [-0.25, -0.2) is 0 Å². The summed E-state index contributed by atoms with van der Waals surface area (Å²) >= 11 is 0. The maximum Gasteiger partial charge on any atom is 0.244 e. The van der Waals surface area contributed by atoms with Crippen LogP contribution in [0.2, 0.25) is 0 Å². The second-order valence-corrected chi connectivity index (χ2v) is 6.14. The van der Waals surface area contributed by atoms with Gasteiger partial charge in [0.1, 0.15) is 12.7 Å². The van der Waals surface area contributed by atoms with E-state index in [0.29, 0.717) is 18.9 Å². The maximum atomic E-state index is 12.1. The maximum absolute atomic E-state index is 12.1. The third-order valence-electron chi connectivity index (χ3n) is 4.31. The summed E-state index contributed by atoms with van der Waals surface area (Å²) < 4.78 is 11.5. The molecule has 1 atom stereocenters. The zero-order chi connectivity index (χ0) is 17.8. The number of rotatable bonds is 4. The first-order chi connectivity index (χ1) is 12.8. The van der Waals surface area contributed by atoms with Gasteiger partial charge < -0.3 is 14.8 Å². The molecule has 0 unspecified atom stereocenters. The second-order valence-electron chi connectivity index (χ2n) is 6.14. The third kappa shape index (κ3) is 3.54. The quantitative estimate of drug-likeness (QED) is 0.732. The van der Waals surface area contributed by atoms with E-state index in [2.05, 4.69) is 23.5 Å². The molecule has 0 fully saturated rings. The summed E-state index contributed by atoms with van der Waals surface area (Å²) in [6, 6.07) is 21.7. The van der Waals surface area contributed by atoms with Crippen molar-refractivity contribution in [2.45, 2.75) is 6.10 Å². The van der Waals surface area contributed by atoms with Crippen molar-refractivity contribution < 1.29 is 14.3 Å². The summed E-state index contributed by atoms with van der Waals surface area (Å²) in [5.41, 5.74) is 1.02. The molecule has 4 rings (SSSR count). The van der Waals surface area contributed by atoms with Crippen LogP contribution >= 0.6 is 0 Å². The van der Waals surface area contributed by atoms with Gasteiger partial charge in [0.2, 0.25) is 5.91 Å². The Balaban J connectivity index is 1.36. The van der Waals surface area contributed by atoms with E-state index in [1.54, 1.807) is 6.08 Å². The third-order valence-corrected chi connectivity index (χ3v) is 4.31. The van der Waals surface area contributed by atoms with Gasteiger partial charge in [0, 0.05) is 6.08 Å². The molecule has 1 aliphatic heterocycles. The Morgan fingerprint density at radius 3 is 2.69 bits per heavy atom. The Bertz CT molecular complexity index is 959. The van der Waals surface area contributed by atoms with Crippen molar-refractivity contribution in [1.29, 1.82) is 0 Å². The SMILES string of the molecule is O=C(/C=C/c1cccc2ccccc12)NC[C@@H]1COc2ccccc2O1. The molecular formula is C22H19NO3. The Morgan fingerprint density at radius 2 is 1.77 bits per heavy atom. The van der Waals surface area contributed by atoms with Gasteiger partial charge in [0.15, 0.2) is 11.5 Å². The first-order valence-electron chi connectivity index (χ1n) is 8.62. The van der Waals surface area contributed by atoms with Gasteiger partial charge in [-0.3, -0.25) is 4.79 Å². The van der Waals surface area contributed by atoms with Gasteiger partial charge in [-0.05, 0) is 34.5 Å². The van der Waals surface area contributed by atoms with E-state index in [0.717, 1.165) is 22.1 Å². The monoisotopic (exact) mass is 345 g/mol. The van der Waals surface area contributed by atoms with Gasteiger partial charge >= 0.3 is 0 Å². The fourth-order valence-electron chi connectivity index (χ4n) is 3.00. The van der Waals surface area contributed by atoms with Crippen molar-refractivity contribution in [3.05, 3.63) is 78.4 Å². The standard InChI is InChI=1S/C22H19NO3/c24-22(13-12-17-8-5-7-16-6-1-2-9-19(16)17)23-14-18-15-25-20-10-3-4-11-21(20)26-18/h1-13,18H,14-15H2,(H,23,24)/b13-12+/t18-/m1/s1. The molecule has 0 bridgehead atoms. The fraction of sp³-hybridized carbons (Fsp3) is 0.136. The predicted octanol–water partition coefficient (Wildman–Crippen LogP) is 3.81. The highest BCUT2D eigenvalue weighted by Gasteiger charge is 2.20. The van der Waals surface area contributed by atoms with E-state index in [-0.39, 0.29) is 12.0 Å². The van der Waals surface area contributed by atoms with Gasteiger partial charge in [0.25, 0.3) is 0 Å². The highest BCUT2D eigenvalue weighted by Crippen LogP contribution is 2.30. The molecular weight excluding hydrogens is 326 g/mol. The molecule has 0 aromatic heterocycles. The lowest BCUT2D eigenvalue weighted by Gasteiger charge is -2.26. The van der Waals surface area contributed by atoms with Crippen LogP contribution in [0.25, 0.3) is 16.8 Å². The normalized spacial score (nSPS) is 15.9. The van der Waals surface area contributed by atoms with E-state index < -0.39 is 0 Å². The van der Waals surface area contributed by atoms with Crippen LogP contribution in [-0.2, 0) is 4.79 Å². The molecule has 3 aromatic rings. The van der Waals surface area contributed by atoms with Crippen molar-refractivity contribution in [2.24, 2.45) is 0 Å². The average molecular weight is 345 g/mol. The Kier molecular flexibility index (Phi) is 4.56. The van der Waals surface area contributed by atoms with E-state index in [4.69, 9.17) is 9.47 Å². The number of nitrogens with one attached hydrogen (secondary N) is 1. The number of carbonyl (C=O) groups excluding carboxylic acids is 1. The zero-order valence-corrected chi connectivity index (χ0v) is 14.2. The average Bonchev–Trinajstić information content (AvgIpc) is 2.70. The molecule has 1 N–H and O–H groups in total. The van der Waals surface area contributed by atoms with E-state index in [1.165, 1.54) is 0 Å². The van der Waals surface area contributed by atoms with Crippen LogP contribution < -0.4 is 14.8 Å².